The number of alkyl halides is 3. The number of halogens is 3. The molecule has 3 nitrogen and oxygen atoms in total. The summed E-state index contributed by atoms with van der Waals surface area (Å²) >= 11 is 0. The quantitative estimate of drug-likeness (QED) is 0.916. The number of nitrogens with zero attached hydrogens (tertiary/aromatic N) is 1. The van der Waals surface area contributed by atoms with Gasteiger partial charge in [0.25, 0.3) is 0 Å². The lowest BCUT2D eigenvalue weighted by atomic mass is 10.1. The van der Waals surface area contributed by atoms with E-state index < -0.39 is 23.1 Å². The molecule has 2 rings (SSSR count). The molecule has 0 aliphatic heterocycles. The van der Waals surface area contributed by atoms with Crippen LogP contribution < -0.4 is 5.32 Å². The molecule has 0 spiro atoms. The van der Waals surface area contributed by atoms with Gasteiger partial charge in [-0.25, -0.2) is 0 Å². The molecule has 1 N–H and O–H groups in total. The molecule has 1 aromatic rings. The normalized spacial score (nSPS) is 16.5. The number of carbonyl (C=O) groups excluding carboxylic acids is 1. The maximum absolute atomic E-state index is 12.7. The predicted molar refractivity (Wildman–Crippen MR) is 60.6 cm³/mol. The molecule has 0 aromatic heterocycles. The Morgan fingerprint density at radius 1 is 1.37 bits per heavy atom. The average Bonchev–Trinajstić information content (AvgIpc) is 3.16. The molecule has 0 atom stereocenters. The van der Waals surface area contributed by atoms with Gasteiger partial charge in [-0.2, -0.15) is 18.4 Å². The zero-order chi connectivity index (χ0) is 14.1. The van der Waals surface area contributed by atoms with E-state index in [0.29, 0.717) is 12.8 Å². The van der Waals surface area contributed by atoms with Gasteiger partial charge < -0.3 is 5.32 Å². The maximum atomic E-state index is 12.7. The second-order valence-electron chi connectivity index (χ2n) is 4.53. The third-order valence-electron chi connectivity index (χ3n) is 3.16. The minimum Gasteiger partial charge on any atom is -0.351 e. The van der Waals surface area contributed by atoms with Gasteiger partial charge in [0.2, 0.25) is 5.91 Å². The number of carbonyl (C=O) groups is 1. The van der Waals surface area contributed by atoms with Crippen molar-refractivity contribution in [2.24, 2.45) is 5.41 Å². The van der Waals surface area contributed by atoms with E-state index in [4.69, 9.17) is 5.26 Å². The summed E-state index contributed by atoms with van der Waals surface area (Å²) in [5, 5.41) is 11.2. The first-order valence-corrected chi connectivity index (χ1v) is 5.74. The smallest absolute Gasteiger partial charge is 0.351 e. The predicted octanol–water partition coefficient (Wildman–Crippen LogP) is 2.63. The lowest BCUT2D eigenvalue weighted by molar-refractivity contribution is -0.138. The zero-order valence-electron chi connectivity index (χ0n) is 9.92. The summed E-state index contributed by atoms with van der Waals surface area (Å²) in [7, 11) is 0. The van der Waals surface area contributed by atoms with Crippen LogP contribution in [0.1, 0.15) is 24.0 Å². The lowest BCUT2D eigenvalue weighted by Crippen LogP contribution is -2.31. The molecule has 1 aliphatic carbocycles. The number of benzene rings is 1. The maximum Gasteiger partial charge on any atom is 0.416 e. The number of hydrogen-bond acceptors (Lipinski definition) is 2. The van der Waals surface area contributed by atoms with Crippen LogP contribution in [0.3, 0.4) is 0 Å². The highest BCUT2D eigenvalue weighted by atomic mass is 19.4. The Bertz CT molecular complexity index is 542. The summed E-state index contributed by atoms with van der Waals surface area (Å²) in [5.41, 5.74) is -1.79. The summed E-state index contributed by atoms with van der Waals surface area (Å²) in [4.78, 5) is 11.7. The molecule has 0 unspecified atom stereocenters. The van der Waals surface area contributed by atoms with Crippen LogP contribution in [0.25, 0.3) is 0 Å². The van der Waals surface area contributed by atoms with E-state index in [1.54, 1.807) is 0 Å². The zero-order valence-corrected chi connectivity index (χ0v) is 9.92. The van der Waals surface area contributed by atoms with Gasteiger partial charge in [0.1, 0.15) is 5.41 Å². The third-order valence-corrected chi connectivity index (χ3v) is 3.16. The van der Waals surface area contributed by atoms with Crippen molar-refractivity contribution in [2.45, 2.75) is 25.6 Å². The van der Waals surface area contributed by atoms with E-state index in [1.807, 2.05) is 6.07 Å². The number of nitrogens with one attached hydrogen (secondary N) is 1. The first-order valence-electron chi connectivity index (χ1n) is 5.74. The van der Waals surface area contributed by atoms with Crippen molar-refractivity contribution in [3.05, 3.63) is 35.4 Å². The van der Waals surface area contributed by atoms with Gasteiger partial charge in [-0.3, -0.25) is 4.79 Å². The minimum atomic E-state index is -4.45. The Morgan fingerprint density at radius 2 is 2.00 bits per heavy atom. The Hall–Kier alpha value is -2.03. The van der Waals surface area contributed by atoms with E-state index in [9.17, 15) is 18.0 Å². The van der Waals surface area contributed by atoms with Gasteiger partial charge in [0, 0.05) is 6.54 Å². The number of rotatable bonds is 3. The molecule has 100 valence electrons. The lowest BCUT2D eigenvalue weighted by Gasteiger charge is -2.14. The van der Waals surface area contributed by atoms with Crippen molar-refractivity contribution in [1.29, 1.82) is 5.26 Å². The molecule has 19 heavy (non-hydrogen) atoms. The molecule has 6 heteroatoms. The molecule has 0 saturated heterocycles. The SMILES string of the molecule is N#CC1(C(=O)NCc2ccccc2C(F)(F)F)CC1. The second-order valence-corrected chi connectivity index (χ2v) is 4.53. The highest BCUT2D eigenvalue weighted by Crippen LogP contribution is 2.45. The van der Waals surface area contributed by atoms with Crippen LogP contribution in [0.5, 0.6) is 0 Å². The fourth-order valence-corrected chi connectivity index (χ4v) is 1.81. The molecule has 1 amide bonds. The molecule has 1 aliphatic rings. The van der Waals surface area contributed by atoms with Crippen LogP contribution in [0, 0.1) is 16.7 Å². The monoisotopic (exact) mass is 268 g/mol. The number of nitriles is 1. The Morgan fingerprint density at radius 3 is 2.53 bits per heavy atom. The summed E-state index contributed by atoms with van der Waals surface area (Å²) < 4.78 is 38.2. The van der Waals surface area contributed by atoms with Crippen LogP contribution in [-0.4, -0.2) is 5.91 Å². The van der Waals surface area contributed by atoms with Gasteiger partial charge in [-0.05, 0) is 24.5 Å². The Labute approximate surface area is 108 Å². The summed E-state index contributed by atoms with van der Waals surface area (Å²) in [5.74, 6) is -0.494. The average molecular weight is 268 g/mol. The fraction of sp³-hybridized carbons (Fsp3) is 0.385. The second kappa shape index (κ2) is 4.57. The van der Waals surface area contributed by atoms with E-state index in [-0.39, 0.29) is 12.1 Å². The van der Waals surface area contributed by atoms with Crippen LogP contribution in [0.4, 0.5) is 13.2 Å². The van der Waals surface area contributed by atoms with Gasteiger partial charge in [-0.15, -0.1) is 0 Å². The molecule has 0 heterocycles. The Balaban J connectivity index is 2.09. The third kappa shape index (κ3) is 2.70. The minimum absolute atomic E-state index is 0.00269. The topological polar surface area (TPSA) is 52.9 Å². The van der Waals surface area contributed by atoms with Gasteiger partial charge in [0.05, 0.1) is 11.6 Å². The van der Waals surface area contributed by atoms with Crippen molar-refractivity contribution in [2.75, 3.05) is 0 Å². The molecule has 0 radical (unpaired) electrons. The fourth-order valence-electron chi connectivity index (χ4n) is 1.81. The standard InChI is InChI=1S/C13H11F3N2O/c14-13(15,16)10-4-2-1-3-9(10)7-18-11(19)12(8-17)5-6-12/h1-4H,5-7H2,(H,18,19). The van der Waals surface area contributed by atoms with Crippen LogP contribution in [-0.2, 0) is 17.5 Å². The van der Waals surface area contributed by atoms with Crippen molar-refractivity contribution in [3.8, 4) is 6.07 Å². The highest BCUT2D eigenvalue weighted by Gasteiger charge is 2.50. The van der Waals surface area contributed by atoms with Crippen LogP contribution in [0.15, 0.2) is 24.3 Å². The molecular weight excluding hydrogens is 257 g/mol. The van der Waals surface area contributed by atoms with Crippen LogP contribution >= 0.6 is 0 Å². The van der Waals surface area contributed by atoms with Crippen molar-refractivity contribution in [1.82, 2.24) is 5.32 Å². The summed E-state index contributed by atoms with van der Waals surface area (Å²) in [6.07, 6.45) is -3.51. The number of amides is 1. The van der Waals surface area contributed by atoms with E-state index in [1.165, 1.54) is 18.2 Å². The van der Waals surface area contributed by atoms with Crippen molar-refractivity contribution < 1.29 is 18.0 Å². The Kier molecular flexibility index (Phi) is 3.23. The van der Waals surface area contributed by atoms with E-state index in [2.05, 4.69) is 5.32 Å². The molecule has 0 bridgehead atoms. The number of hydrogen-bond donors (Lipinski definition) is 1. The van der Waals surface area contributed by atoms with E-state index in [0.717, 1.165) is 6.07 Å². The van der Waals surface area contributed by atoms with Crippen molar-refractivity contribution >= 4 is 5.91 Å². The van der Waals surface area contributed by atoms with Gasteiger partial charge in [0.15, 0.2) is 0 Å². The summed E-state index contributed by atoms with van der Waals surface area (Å²) in [6, 6.07) is 6.96. The van der Waals surface area contributed by atoms with Gasteiger partial charge >= 0.3 is 6.18 Å². The van der Waals surface area contributed by atoms with Crippen molar-refractivity contribution in [3.63, 3.8) is 0 Å². The molecule has 1 aromatic carbocycles. The van der Waals surface area contributed by atoms with Crippen LogP contribution in [0.2, 0.25) is 0 Å². The molecule has 1 saturated carbocycles. The van der Waals surface area contributed by atoms with E-state index >= 15 is 0 Å². The van der Waals surface area contributed by atoms with Gasteiger partial charge in [-0.1, -0.05) is 18.2 Å². The largest absolute Gasteiger partial charge is 0.416 e. The molecular formula is C13H11F3N2O. The first kappa shape index (κ1) is 13.4. The summed E-state index contributed by atoms with van der Waals surface area (Å²) in [6.45, 7) is -0.224. The highest BCUT2D eigenvalue weighted by molar-refractivity contribution is 5.88. The molecule has 1 fully saturated rings. The first-order chi connectivity index (χ1) is 8.89.